The van der Waals surface area contributed by atoms with E-state index in [0.29, 0.717) is 46.7 Å². The maximum Gasteiger partial charge on any atom is 0.257 e. The van der Waals surface area contributed by atoms with Crippen molar-refractivity contribution < 1.29 is 14.3 Å². The molecule has 182 valence electrons. The summed E-state index contributed by atoms with van der Waals surface area (Å²) < 4.78 is 5.59. The normalized spacial score (nSPS) is 21.0. The van der Waals surface area contributed by atoms with Gasteiger partial charge in [0.25, 0.3) is 11.8 Å². The number of carbonyl (C=O) groups excluding carboxylic acids is 2. The van der Waals surface area contributed by atoms with Crippen molar-refractivity contribution in [3.05, 3.63) is 56.8 Å². The van der Waals surface area contributed by atoms with Crippen molar-refractivity contribution in [3.8, 4) is 0 Å². The number of hydrogen-bond acceptors (Lipinski definition) is 5. The van der Waals surface area contributed by atoms with E-state index in [1.165, 1.54) is 6.20 Å². The number of ether oxygens (including phenoxy) is 1. The first-order valence-corrected chi connectivity index (χ1v) is 12.4. The van der Waals surface area contributed by atoms with Gasteiger partial charge in [-0.1, -0.05) is 23.2 Å². The van der Waals surface area contributed by atoms with Crippen molar-refractivity contribution in [2.75, 3.05) is 31.6 Å². The Labute approximate surface area is 210 Å². The molecule has 2 saturated heterocycles. The molecular formula is C25H30Cl2N4O3. The van der Waals surface area contributed by atoms with Crippen molar-refractivity contribution in [2.45, 2.75) is 52.3 Å². The first-order chi connectivity index (χ1) is 16.2. The molecular weight excluding hydrogens is 475 g/mol. The van der Waals surface area contributed by atoms with E-state index in [-0.39, 0.29) is 24.0 Å². The zero-order valence-corrected chi connectivity index (χ0v) is 21.2. The number of piperazine rings is 1. The van der Waals surface area contributed by atoms with Gasteiger partial charge in [0, 0.05) is 55.7 Å². The van der Waals surface area contributed by atoms with E-state index >= 15 is 0 Å². The first kappa shape index (κ1) is 24.9. The Morgan fingerprint density at radius 1 is 1.21 bits per heavy atom. The quantitative estimate of drug-likeness (QED) is 0.649. The smallest absolute Gasteiger partial charge is 0.257 e. The number of aromatic nitrogens is 1. The molecule has 3 heterocycles. The van der Waals surface area contributed by atoms with Gasteiger partial charge in [0.05, 0.1) is 16.3 Å². The molecule has 2 atom stereocenters. The molecule has 2 amide bonds. The highest BCUT2D eigenvalue weighted by Crippen LogP contribution is 2.28. The Kier molecular flexibility index (Phi) is 7.77. The van der Waals surface area contributed by atoms with Crippen molar-refractivity contribution >= 4 is 40.7 Å². The molecule has 1 N–H and O–H groups in total. The fourth-order valence-electron chi connectivity index (χ4n) is 4.56. The van der Waals surface area contributed by atoms with Gasteiger partial charge in [0.1, 0.15) is 6.10 Å². The Bertz CT molecular complexity index is 1090. The molecule has 2 aliphatic heterocycles. The van der Waals surface area contributed by atoms with Crippen LogP contribution in [0.1, 0.15) is 46.9 Å². The Morgan fingerprint density at radius 2 is 2.00 bits per heavy atom. The predicted molar refractivity (Wildman–Crippen MR) is 134 cm³/mol. The summed E-state index contributed by atoms with van der Waals surface area (Å²) in [5, 5.41) is 3.95. The van der Waals surface area contributed by atoms with E-state index in [0.717, 1.165) is 37.1 Å². The number of amides is 2. The highest BCUT2D eigenvalue weighted by atomic mass is 35.5. The summed E-state index contributed by atoms with van der Waals surface area (Å²) in [6, 6.07) is 5.40. The monoisotopic (exact) mass is 504 g/mol. The molecule has 1 aromatic carbocycles. The van der Waals surface area contributed by atoms with E-state index in [4.69, 9.17) is 27.9 Å². The van der Waals surface area contributed by atoms with Crippen molar-refractivity contribution in [3.63, 3.8) is 0 Å². The second-order valence-electron chi connectivity index (χ2n) is 9.10. The molecule has 1 aromatic heterocycles. The van der Waals surface area contributed by atoms with Crippen LogP contribution in [0.4, 0.5) is 5.69 Å². The molecule has 9 heteroatoms. The van der Waals surface area contributed by atoms with E-state index in [1.807, 2.05) is 17.9 Å². The molecule has 0 unspecified atom stereocenters. The summed E-state index contributed by atoms with van der Waals surface area (Å²) in [6.07, 6.45) is 2.99. The molecule has 2 aromatic rings. The fraction of sp³-hybridized carbons (Fsp3) is 0.480. The average molecular weight is 505 g/mol. The number of aryl methyl sites for hydroxylation is 1. The summed E-state index contributed by atoms with van der Waals surface area (Å²) in [6.45, 7) is 9.40. The molecule has 4 rings (SSSR count). The van der Waals surface area contributed by atoms with Gasteiger partial charge >= 0.3 is 0 Å². The minimum absolute atomic E-state index is 0.0999. The minimum Gasteiger partial charge on any atom is -0.368 e. The molecule has 2 aliphatic rings. The van der Waals surface area contributed by atoms with Crippen LogP contribution in [0, 0.1) is 13.8 Å². The van der Waals surface area contributed by atoms with Crippen LogP contribution in [0.25, 0.3) is 0 Å². The van der Waals surface area contributed by atoms with E-state index < -0.39 is 0 Å². The topological polar surface area (TPSA) is 74.8 Å². The summed E-state index contributed by atoms with van der Waals surface area (Å²) in [5.41, 5.74) is 3.71. The van der Waals surface area contributed by atoms with Crippen LogP contribution in [-0.2, 0) is 16.1 Å². The molecule has 0 spiro atoms. The largest absolute Gasteiger partial charge is 0.368 e. The van der Waals surface area contributed by atoms with Crippen LogP contribution in [-0.4, -0.2) is 65.0 Å². The maximum absolute atomic E-state index is 12.8. The van der Waals surface area contributed by atoms with Crippen LogP contribution in [0.15, 0.2) is 24.4 Å². The van der Waals surface area contributed by atoms with Crippen molar-refractivity contribution in [1.29, 1.82) is 0 Å². The highest BCUT2D eigenvalue weighted by molar-refractivity contribution is 6.32. The summed E-state index contributed by atoms with van der Waals surface area (Å²) in [7, 11) is 0. The SMILES string of the molecule is Cc1ncc(C(=O)Nc2cc(Cl)cc(CN3CCN(C(=O)[C@@H]4CCCO4)[C@@H](C)C3)c2C)cc1Cl. The summed E-state index contributed by atoms with van der Waals surface area (Å²) in [4.78, 5) is 34.0. The first-order valence-electron chi connectivity index (χ1n) is 11.6. The molecule has 7 nitrogen and oxygen atoms in total. The van der Waals surface area contributed by atoms with Gasteiger partial charge in [-0.3, -0.25) is 19.5 Å². The van der Waals surface area contributed by atoms with Crippen LogP contribution in [0.3, 0.4) is 0 Å². The second kappa shape index (κ2) is 10.6. The third kappa shape index (κ3) is 5.54. The van der Waals surface area contributed by atoms with Crippen LogP contribution in [0.2, 0.25) is 10.0 Å². The number of anilines is 1. The second-order valence-corrected chi connectivity index (χ2v) is 9.94. The number of carbonyl (C=O) groups is 2. The summed E-state index contributed by atoms with van der Waals surface area (Å²) in [5.74, 6) is -0.181. The van der Waals surface area contributed by atoms with Gasteiger partial charge in [-0.25, -0.2) is 0 Å². The van der Waals surface area contributed by atoms with Crippen molar-refractivity contribution in [2.24, 2.45) is 0 Å². The Balaban J connectivity index is 1.43. The lowest BCUT2D eigenvalue weighted by Gasteiger charge is -2.41. The predicted octanol–water partition coefficient (Wildman–Crippen LogP) is 4.47. The number of hydrogen-bond donors (Lipinski definition) is 1. The Morgan fingerprint density at radius 3 is 2.68 bits per heavy atom. The molecule has 0 bridgehead atoms. The van der Waals surface area contributed by atoms with E-state index in [9.17, 15) is 9.59 Å². The number of nitrogens with zero attached hydrogens (tertiary/aromatic N) is 3. The lowest BCUT2D eigenvalue weighted by molar-refractivity contribution is -0.145. The zero-order valence-electron chi connectivity index (χ0n) is 19.7. The molecule has 2 fully saturated rings. The fourth-order valence-corrected chi connectivity index (χ4v) is 4.96. The van der Waals surface area contributed by atoms with Gasteiger partial charge in [-0.2, -0.15) is 0 Å². The number of nitrogens with one attached hydrogen (secondary N) is 1. The number of pyridine rings is 1. The Hall–Kier alpha value is -2.19. The van der Waals surface area contributed by atoms with E-state index in [1.54, 1.807) is 19.1 Å². The van der Waals surface area contributed by atoms with Gasteiger partial charge < -0.3 is 15.0 Å². The van der Waals surface area contributed by atoms with Gasteiger partial charge in [-0.05, 0) is 62.9 Å². The minimum atomic E-state index is -0.291. The molecule has 0 aliphatic carbocycles. The third-order valence-corrected chi connectivity index (χ3v) is 7.21. The van der Waals surface area contributed by atoms with Gasteiger partial charge in [0.2, 0.25) is 0 Å². The molecule has 0 saturated carbocycles. The van der Waals surface area contributed by atoms with Gasteiger partial charge in [0.15, 0.2) is 0 Å². The highest BCUT2D eigenvalue weighted by Gasteiger charge is 2.34. The lowest BCUT2D eigenvalue weighted by Crippen LogP contribution is -2.55. The molecule has 34 heavy (non-hydrogen) atoms. The van der Waals surface area contributed by atoms with Crippen molar-refractivity contribution in [1.82, 2.24) is 14.8 Å². The summed E-state index contributed by atoms with van der Waals surface area (Å²) >= 11 is 12.5. The number of halogens is 2. The standard InChI is InChI=1S/C25H30Cl2N4O3/c1-15-13-30(6-7-31(15)25(33)23-5-4-8-34-23)14-19-9-20(26)11-22(16(19)2)29-24(32)18-10-21(27)17(3)28-12-18/h9-12,15,23H,4-8,13-14H2,1-3H3,(H,29,32)/t15-,23-/m0/s1. The lowest BCUT2D eigenvalue weighted by atomic mass is 10.0. The molecule has 0 radical (unpaired) electrons. The van der Waals surface area contributed by atoms with Crippen LogP contribution in [0.5, 0.6) is 0 Å². The van der Waals surface area contributed by atoms with E-state index in [2.05, 4.69) is 22.1 Å². The van der Waals surface area contributed by atoms with Crippen LogP contribution >= 0.6 is 23.2 Å². The maximum atomic E-state index is 12.8. The number of benzene rings is 1. The zero-order chi connectivity index (χ0) is 24.4. The third-order valence-electron chi connectivity index (χ3n) is 6.61. The number of rotatable bonds is 5. The van der Waals surface area contributed by atoms with Crippen LogP contribution < -0.4 is 5.32 Å². The average Bonchev–Trinajstić information content (AvgIpc) is 3.33. The van der Waals surface area contributed by atoms with Gasteiger partial charge in [-0.15, -0.1) is 0 Å².